The molecule has 0 spiro atoms. The number of benzene rings is 1. The molecule has 7 heteroatoms. The van der Waals surface area contributed by atoms with Gasteiger partial charge < -0.3 is 10.6 Å². The molecule has 1 aromatic rings. The molecule has 0 saturated heterocycles. The molecule has 3 nitrogen and oxygen atoms in total. The van der Waals surface area contributed by atoms with Crippen LogP contribution in [0.15, 0.2) is 24.3 Å². The van der Waals surface area contributed by atoms with E-state index in [0.717, 1.165) is 4.90 Å². The van der Waals surface area contributed by atoms with Crippen molar-refractivity contribution >= 4 is 17.5 Å². The van der Waals surface area contributed by atoms with E-state index < -0.39 is 17.6 Å². The van der Waals surface area contributed by atoms with Gasteiger partial charge in [0, 0.05) is 18.6 Å². The van der Waals surface area contributed by atoms with Gasteiger partial charge in [-0.3, -0.25) is 4.79 Å². The van der Waals surface area contributed by atoms with Crippen LogP contribution in [0.4, 0.5) is 13.2 Å². The van der Waals surface area contributed by atoms with Crippen LogP contribution in [0.1, 0.15) is 12.5 Å². The van der Waals surface area contributed by atoms with Crippen LogP contribution in [-0.2, 0) is 11.3 Å². The maximum atomic E-state index is 12.6. The summed E-state index contributed by atoms with van der Waals surface area (Å²) in [5, 5.41) is 0.511. The van der Waals surface area contributed by atoms with Crippen molar-refractivity contribution in [2.75, 3.05) is 7.05 Å². The molecule has 1 amide bonds. The Hall–Kier alpha value is -1.27. The monoisotopic (exact) mass is 294 g/mol. The number of halogens is 4. The molecule has 1 aromatic carbocycles. The fraction of sp³-hybridized carbons (Fsp3) is 0.417. The quantitative estimate of drug-likeness (QED) is 0.931. The summed E-state index contributed by atoms with van der Waals surface area (Å²) in [4.78, 5) is 12.7. The number of carbonyl (C=O) groups excluding carboxylic acids is 1. The van der Waals surface area contributed by atoms with E-state index in [1.807, 2.05) is 0 Å². The smallest absolute Gasteiger partial charge is 0.340 e. The lowest BCUT2D eigenvalue weighted by Gasteiger charge is -2.30. The van der Waals surface area contributed by atoms with E-state index >= 15 is 0 Å². The molecule has 1 rings (SSSR count). The van der Waals surface area contributed by atoms with Crippen LogP contribution in [0.25, 0.3) is 0 Å². The Morgan fingerprint density at radius 1 is 1.32 bits per heavy atom. The second-order valence-electron chi connectivity index (χ2n) is 4.49. The highest BCUT2D eigenvalue weighted by molar-refractivity contribution is 6.30. The van der Waals surface area contributed by atoms with Crippen LogP contribution in [-0.4, -0.2) is 29.6 Å². The number of likely N-dealkylation sites (N-methyl/N-ethyl adjacent to an activating group) is 1. The summed E-state index contributed by atoms with van der Waals surface area (Å²) >= 11 is 5.69. The zero-order valence-corrected chi connectivity index (χ0v) is 11.2. The van der Waals surface area contributed by atoms with Gasteiger partial charge in [-0.05, 0) is 24.6 Å². The number of nitrogens with two attached hydrogens (primary N) is 1. The Balaban J connectivity index is 2.81. The molecule has 2 N–H and O–H groups in total. The molecular formula is C12H14ClF3N2O. The minimum absolute atomic E-state index is 0.0267. The molecule has 0 saturated carbocycles. The van der Waals surface area contributed by atoms with Gasteiger partial charge in [0.15, 0.2) is 5.54 Å². The molecule has 1 atom stereocenters. The van der Waals surface area contributed by atoms with Crippen LogP contribution >= 0.6 is 11.6 Å². The number of alkyl halides is 3. The molecule has 0 bridgehead atoms. The van der Waals surface area contributed by atoms with Crippen molar-refractivity contribution in [3.05, 3.63) is 34.9 Å². The molecule has 0 aliphatic rings. The van der Waals surface area contributed by atoms with Gasteiger partial charge in [-0.2, -0.15) is 13.2 Å². The maximum Gasteiger partial charge on any atom is 0.415 e. The van der Waals surface area contributed by atoms with Crippen LogP contribution < -0.4 is 5.73 Å². The second-order valence-corrected chi connectivity index (χ2v) is 4.92. The van der Waals surface area contributed by atoms with Gasteiger partial charge >= 0.3 is 6.18 Å². The maximum absolute atomic E-state index is 12.6. The molecule has 19 heavy (non-hydrogen) atoms. The molecule has 0 aliphatic carbocycles. The van der Waals surface area contributed by atoms with E-state index in [4.69, 9.17) is 17.3 Å². The van der Waals surface area contributed by atoms with E-state index in [1.54, 1.807) is 24.3 Å². The van der Waals surface area contributed by atoms with Gasteiger partial charge in [0.1, 0.15) is 0 Å². The summed E-state index contributed by atoms with van der Waals surface area (Å²) < 4.78 is 37.9. The number of hydrogen-bond donors (Lipinski definition) is 1. The number of carbonyl (C=O) groups is 1. The van der Waals surface area contributed by atoms with Gasteiger partial charge in [-0.25, -0.2) is 0 Å². The Morgan fingerprint density at radius 2 is 1.79 bits per heavy atom. The first kappa shape index (κ1) is 15.8. The van der Waals surface area contributed by atoms with Crippen LogP contribution in [0.3, 0.4) is 0 Å². The zero-order valence-electron chi connectivity index (χ0n) is 10.5. The Bertz CT molecular complexity index is 457. The first-order valence-corrected chi connectivity index (χ1v) is 5.79. The van der Waals surface area contributed by atoms with Crippen molar-refractivity contribution in [1.29, 1.82) is 0 Å². The minimum atomic E-state index is -4.79. The van der Waals surface area contributed by atoms with Gasteiger partial charge in [0.2, 0.25) is 0 Å². The van der Waals surface area contributed by atoms with E-state index in [-0.39, 0.29) is 6.54 Å². The Labute approximate surface area is 114 Å². The first-order chi connectivity index (χ1) is 8.55. The highest BCUT2D eigenvalue weighted by Crippen LogP contribution is 2.29. The van der Waals surface area contributed by atoms with Gasteiger partial charge in [-0.1, -0.05) is 23.7 Å². The Kier molecular flexibility index (Phi) is 4.47. The lowest BCUT2D eigenvalue weighted by Crippen LogP contribution is -2.61. The molecule has 0 aromatic heterocycles. The topological polar surface area (TPSA) is 46.3 Å². The standard InChI is InChI=1S/C12H14ClF3N2O/c1-11(17,12(14,15)16)10(19)18(2)7-8-3-5-9(13)6-4-8/h3-6H,7,17H2,1-2H3. The predicted molar refractivity (Wildman–Crippen MR) is 66.6 cm³/mol. The highest BCUT2D eigenvalue weighted by atomic mass is 35.5. The largest absolute Gasteiger partial charge is 0.415 e. The van der Waals surface area contributed by atoms with Crippen molar-refractivity contribution < 1.29 is 18.0 Å². The average molecular weight is 295 g/mol. The second kappa shape index (κ2) is 5.38. The van der Waals surface area contributed by atoms with E-state index in [9.17, 15) is 18.0 Å². The van der Waals surface area contributed by atoms with E-state index in [2.05, 4.69) is 0 Å². The third-order valence-corrected chi connectivity index (χ3v) is 2.96. The summed E-state index contributed by atoms with van der Waals surface area (Å²) in [6, 6.07) is 6.46. The number of rotatable bonds is 3. The summed E-state index contributed by atoms with van der Waals surface area (Å²) in [7, 11) is 1.27. The molecule has 0 heterocycles. The van der Waals surface area contributed by atoms with Gasteiger partial charge in [0.25, 0.3) is 5.91 Å². The number of nitrogens with zero attached hydrogens (tertiary/aromatic N) is 1. The average Bonchev–Trinajstić information content (AvgIpc) is 2.29. The zero-order chi connectivity index (χ0) is 14.8. The highest BCUT2D eigenvalue weighted by Gasteiger charge is 2.54. The van der Waals surface area contributed by atoms with Crippen molar-refractivity contribution in [2.24, 2.45) is 5.73 Å². The van der Waals surface area contributed by atoms with Crippen molar-refractivity contribution in [3.8, 4) is 0 Å². The molecule has 1 unspecified atom stereocenters. The fourth-order valence-electron chi connectivity index (χ4n) is 1.45. The third-order valence-electron chi connectivity index (χ3n) is 2.71. The molecular weight excluding hydrogens is 281 g/mol. The normalized spacial score (nSPS) is 14.9. The van der Waals surface area contributed by atoms with E-state index in [0.29, 0.717) is 17.5 Å². The summed E-state index contributed by atoms with van der Waals surface area (Å²) in [5.41, 5.74) is 2.85. The molecule has 106 valence electrons. The molecule has 0 aliphatic heterocycles. The van der Waals surface area contributed by atoms with Crippen LogP contribution in [0.5, 0.6) is 0 Å². The number of amides is 1. The SMILES string of the molecule is CN(Cc1ccc(Cl)cc1)C(=O)C(C)(N)C(F)(F)F. The van der Waals surface area contributed by atoms with Crippen LogP contribution in [0, 0.1) is 0 Å². The van der Waals surface area contributed by atoms with Crippen molar-refractivity contribution in [3.63, 3.8) is 0 Å². The fourth-order valence-corrected chi connectivity index (χ4v) is 1.58. The number of hydrogen-bond acceptors (Lipinski definition) is 2. The first-order valence-electron chi connectivity index (χ1n) is 5.41. The van der Waals surface area contributed by atoms with E-state index in [1.165, 1.54) is 7.05 Å². The van der Waals surface area contributed by atoms with Gasteiger partial charge in [0.05, 0.1) is 0 Å². The summed E-state index contributed by atoms with van der Waals surface area (Å²) in [6.07, 6.45) is -4.79. The minimum Gasteiger partial charge on any atom is -0.340 e. The van der Waals surface area contributed by atoms with Crippen molar-refractivity contribution in [1.82, 2.24) is 4.90 Å². The van der Waals surface area contributed by atoms with Gasteiger partial charge in [-0.15, -0.1) is 0 Å². The predicted octanol–water partition coefficient (Wildman–Crippen LogP) is 2.58. The Morgan fingerprint density at radius 3 is 2.21 bits per heavy atom. The molecule has 0 radical (unpaired) electrons. The third kappa shape index (κ3) is 3.61. The molecule has 0 fully saturated rings. The lowest BCUT2D eigenvalue weighted by atomic mass is 10.0. The summed E-state index contributed by atoms with van der Waals surface area (Å²) in [6.45, 7) is 0.687. The lowest BCUT2D eigenvalue weighted by molar-refractivity contribution is -0.193. The van der Waals surface area contributed by atoms with Crippen molar-refractivity contribution in [2.45, 2.75) is 25.2 Å². The summed E-state index contributed by atoms with van der Waals surface area (Å²) in [5.74, 6) is -1.19. The van der Waals surface area contributed by atoms with Crippen LogP contribution in [0.2, 0.25) is 5.02 Å².